The summed E-state index contributed by atoms with van der Waals surface area (Å²) in [5.74, 6) is 0.389. The van der Waals surface area contributed by atoms with Crippen molar-refractivity contribution in [1.29, 1.82) is 5.26 Å². The van der Waals surface area contributed by atoms with E-state index in [-0.39, 0.29) is 12.5 Å². The molecule has 0 aliphatic carbocycles. The molecule has 0 saturated carbocycles. The van der Waals surface area contributed by atoms with Crippen LogP contribution in [-0.2, 0) is 16.0 Å². The molecule has 0 unspecified atom stereocenters. The Hall–Kier alpha value is -3.85. The van der Waals surface area contributed by atoms with E-state index in [1.807, 2.05) is 47.7 Å². The first kappa shape index (κ1) is 19.5. The number of hydrogen-bond acceptors (Lipinski definition) is 5. The van der Waals surface area contributed by atoms with Crippen LogP contribution in [0.5, 0.6) is 0 Å². The van der Waals surface area contributed by atoms with Crippen molar-refractivity contribution >= 4 is 28.5 Å². The maximum Gasteiger partial charge on any atom is 0.325 e. The summed E-state index contributed by atoms with van der Waals surface area (Å²) in [6.45, 7) is 4.03. The first-order chi connectivity index (χ1) is 14.5. The molecule has 6 heteroatoms. The van der Waals surface area contributed by atoms with Gasteiger partial charge in [0.25, 0.3) is 0 Å². The minimum atomic E-state index is -0.364. The van der Waals surface area contributed by atoms with E-state index in [2.05, 4.69) is 30.4 Å². The van der Waals surface area contributed by atoms with Crippen molar-refractivity contribution in [2.45, 2.75) is 20.3 Å². The van der Waals surface area contributed by atoms with Crippen LogP contribution in [0, 0.1) is 25.2 Å². The van der Waals surface area contributed by atoms with Gasteiger partial charge in [0.2, 0.25) is 0 Å². The summed E-state index contributed by atoms with van der Waals surface area (Å²) in [4.78, 5) is 16.6. The van der Waals surface area contributed by atoms with Crippen molar-refractivity contribution in [3.8, 4) is 6.07 Å². The topological polar surface area (TPSA) is 79.4 Å². The van der Waals surface area contributed by atoms with E-state index in [1.165, 1.54) is 12.7 Å². The summed E-state index contributed by atoms with van der Waals surface area (Å²) >= 11 is 0. The Morgan fingerprint density at radius 2 is 1.90 bits per heavy atom. The Labute approximate surface area is 174 Å². The number of pyridine rings is 1. The van der Waals surface area contributed by atoms with Gasteiger partial charge in [0.15, 0.2) is 5.65 Å². The fourth-order valence-electron chi connectivity index (χ4n) is 3.81. The first-order valence-electron chi connectivity index (χ1n) is 9.73. The highest BCUT2D eigenvalue weighted by Gasteiger charge is 2.21. The summed E-state index contributed by atoms with van der Waals surface area (Å²) in [6, 6.07) is 18.3. The number of fused-ring (bicyclic) bond motifs is 3. The Morgan fingerprint density at radius 1 is 1.17 bits per heavy atom. The average molecular weight is 398 g/mol. The molecule has 6 nitrogen and oxygen atoms in total. The van der Waals surface area contributed by atoms with E-state index in [9.17, 15) is 10.1 Å². The van der Waals surface area contributed by atoms with Crippen LogP contribution in [0.4, 0.5) is 5.82 Å². The Bertz CT molecular complexity index is 1310. The minimum Gasteiger partial charge on any atom is -0.468 e. The second kappa shape index (κ2) is 7.88. The van der Waals surface area contributed by atoms with E-state index in [0.717, 1.165) is 33.5 Å². The van der Waals surface area contributed by atoms with Crippen molar-refractivity contribution in [3.63, 3.8) is 0 Å². The molecule has 0 atom stereocenters. The van der Waals surface area contributed by atoms with Crippen molar-refractivity contribution < 1.29 is 9.53 Å². The summed E-state index contributed by atoms with van der Waals surface area (Å²) in [7, 11) is 1.37. The van der Waals surface area contributed by atoms with Gasteiger partial charge < -0.3 is 10.1 Å². The molecule has 4 rings (SSSR count). The van der Waals surface area contributed by atoms with Crippen LogP contribution >= 0.6 is 0 Å². The fraction of sp³-hybridized carbons (Fsp3) is 0.208. The molecule has 2 aromatic heterocycles. The summed E-state index contributed by atoms with van der Waals surface area (Å²) in [5, 5.41) is 13.2. The molecule has 2 aromatic carbocycles. The Morgan fingerprint density at radius 3 is 2.63 bits per heavy atom. The lowest BCUT2D eigenvalue weighted by Crippen LogP contribution is -2.19. The van der Waals surface area contributed by atoms with E-state index in [4.69, 9.17) is 9.72 Å². The molecular formula is C24H22N4O2. The van der Waals surface area contributed by atoms with Gasteiger partial charge in [-0.15, -0.1) is 0 Å². The monoisotopic (exact) mass is 398 g/mol. The highest BCUT2D eigenvalue weighted by atomic mass is 16.5. The third-order valence-corrected chi connectivity index (χ3v) is 5.49. The number of hydrogen-bond donors (Lipinski definition) is 1. The second-order valence-electron chi connectivity index (χ2n) is 7.23. The molecule has 0 saturated heterocycles. The van der Waals surface area contributed by atoms with E-state index < -0.39 is 0 Å². The van der Waals surface area contributed by atoms with Gasteiger partial charge in [-0.2, -0.15) is 5.26 Å². The van der Waals surface area contributed by atoms with Gasteiger partial charge in [-0.1, -0.05) is 36.4 Å². The number of nitriles is 1. The number of carbonyl (C=O) groups excluding carboxylic acids is 1. The Kier molecular flexibility index (Phi) is 5.11. The fourth-order valence-corrected chi connectivity index (χ4v) is 3.81. The smallest absolute Gasteiger partial charge is 0.325 e. The Balaban J connectivity index is 2.03. The third kappa shape index (κ3) is 3.25. The number of imidazole rings is 1. The van der Waals surface area contributed by atoms with Crippen LogP contribution < -0.4 is 5.32 Å². The number of esters is 1. The highest BCUT2D eigenvalue weighted by molar-refractivity contribution is 5.87. The van der Waals surface area contributed by atoms with Gasteiger partial charge in [0.05, 0.1) is 23.7 Å². The number of nitrogens with zero attached hydrogens (tertiary/aromatic N) is 3. The number of methoxy groups -OCH3 is 1. The van der Waals surface area contributed by atoms with Crippen molar-refractivity contribution in [1.82, 2.24) is 9.38 Å². The molecule has 0 fully saturated rings. The first-order valence-corrected chi connectivity index (χ1v) is 9.73. The van der Waals surface area contributed by atoms with Crippen LogP contribution in [0.1, 0.15) is 27.8 Å². The van der Waals surface area contributed by atoms with Gasteiger partial charge in [0.1, 0.15) is 18.4 Å². The zero-order valence-corrected chi connectivity index (χ0v) is 17.2. The molecule has 0 bridgehead atoms. The lowest BCUT2D eigenvalue weighted by atomic mass is 9.95. The highest BCUT2D eigenvalue weighted by Crippen LogP contribution is 2.32. The molecule has 0 radical (unpaired) electrons. The summed E-state index contributed by atoms with van der Waals surface area (Å²) in [5.41, 5.74) is 6.94. The zero-order chi connectivity index (χ0) is 21.3. The number of nitrogens with one attached hydrogen (secondary N) is 1. The maximum atomic E-state index is 11.9. The van der Waals surface area contributed by atoms with Crippen LogP contribution in [0.15, 0.2) is 48.5 Å². The van der Waals surface area contributed by atoms with Gasteiger partial charge >= 0.3 is 5.97 Å². The number of para-hydroxylation sites is 2. The number of ether oxygens (including phenoxy) is 1. The van der Waals surface area contributed by atoms with E-state index in [0.29, 0.717) is 17.6 Å². The quantitative estimate of drug-likeness (QED) is 0.511. The lowest BCUT2D eigenvalue weighted by Gasteiger charge is -2.19. The summed E-state index contributed by atoms with van der Waals surface area (Å²) in [6.07, 6.45) is 0.624. The predicted octanol–water partition coefficient (Wildman–Crippen LogP) is 4.15. The molecule has 1 N–H and O–H groups in total. The molecule has 0 aliphatic rings. The van der Waals surface area contributed by atoms with Crippen LogP contribution in [0.3, 0.4) is 0 Å². The molecule has 4 aromatic rings. The van der Waals surface area contributed by atoms with Crippen molar-refractivity contribution in [3.05, 3.63) is 76.3 Å². The van der Waals surface area contributed by atoms with E-state index in [1.54, 1.807) is 0 Å². The summed E-state index contributed by atoms with van der Waals surface area (Å²) < 4.78 is 6.77. The minimum absolute atomic E-state index is 0.0181. The van der Waals surface area contributed by atoms with Crippen LogP contribution in [0.25, 0.3) is 16.7 Å². The molecular weight excluding hydrogens is 376 g/mol. The number of carbonyl (C=O) groups is 1. The number of anilines is 1. The average Bonchev–Trinajstić information content (AvgIpc) is 3.14. The molecule has 30 heavy (non-hydrogen) atoms. The number of aromatic nitrogens is 2. The van der Waals surface area contributed by atoms with Gasteiger partial charge in [0, 0.05) is 12.0 Å². The molecule has 2 heterocycles. The van der Waals surface area contributed by atoms with Crippen molar-refractivity contribution in [2.75, 3.05) is 19.0 Å². The maximum absolute atomic E-state index is 11.9. The predicted molar refractivity (Wildman–Crippen MR) is 117 cm³/mol. The normalized spacial score (nSPS) is 10.9. The lowest BCUT2D eigenvalue weighted by molar-refractivity contribution is -0.138. The molecule has 0 spiro atoms. The van der Waals surface area contributed by atoms with Gasteiger partial charge in [-0.3, -0.25) is 9.20 Å². The van der Waals surface area contributed by atoms with E-state index >= 15 is 0 Å². The molecule has 150 valence electrons. The molecule has 0 amide bonds. The number of rotatable bonds is 5. The second-order valence-corrected chi connectivity index (χ2v) is 7.23. The molecule has 0 aliphatic heterocycles. The van der Waals surface area contributed by atoms with Gasteiger partial charge in [-0.25, -0.2) is 4.98 Å². The SMILES string of the molecule is COC(=O)CNc1c(Cc2ccccc2C)c(C)c(C#N)c2nc3ccccc3n12. The largest absolute Gasteiger partial charge is 0.468 e. The standard InChI is InChI=1S/C24H22N4O2/c1-15-8-4-5-9-17(15)12-18-16(2)19(13-25)24-27-20-10-6-7-11-21(20)28(24)23(18)26-14-22(29)30-3/h4-11,26H,12,14H2,1-3H3. The van der Waals surface area contributed by atoms with Gasteiger partial charge in [-0.05, 0) is 42.7 Å². The zero-order valence-electron chi connectivity index (χ0n) is 17.2. The van der Waals surface area contributed by atoms with Crippen LogP contribution in [0.2, 0.25) is 0 Å². The number of benzene rings is 2. The number of aryl methyl sites for hydroxylation is 1. The third-order valence-electron chi connectivity index (χ3n) is 5.49. The van der Waals surface area contributed by atoms with Crippen molar-refractivity contribution in [2.24, 2.45) is 0 Å². The van der Waals surface area contributed by atoms with Crippen LogP contribution in [-0.4, -0.2) is 29.0 Å².